The Bertz CT molecular complexity index is 256. The van der Waals surface area contributed by atoms with Gasteiger partial charge in [-0.15, -0.1) is 6.42 Å². The molecule has 0 aromatic heterocycles. The van der Waals surface area contributed by atoms with Gasteiger partial charge in [0, 0.05) is 6.42 Å². The largest absolute Gasteiger partial charge is 0.340 e. The maximum atomic E-state index is 11.7. The Morgan fingerprint density at radius 3 is 2.53 bits per heavy atom. The molecule has 0 heterocycles. The highest BCUT2D eigenvalue weighted by molar-refractivity contribution is 5.77. The van der Waals surface area contributed by atoms with E-state index >= 15 is 0 Å². The zero-order valence-electron chi connectivity index (χ0n) is 9.81. The summed E-state index contributed by atoms with van der Waals surface area (Å²) < 4.78 is 0. The number of rotatable bonds is 3. The lowest BCUT2D eigenvalue weighted by Gasteiger charge is -2.24. The van der Waals surface area contributed by atoms with Gasteiger partial charge >= 0.3 is 0 Å². The minimum Gasteiger partial charge on any atom is -0.340 e. The van der Waals surface area contributed by atoms with Gasteiger partial charge < -0.3 is 5.32 Å². The van der Waals surface area contributed by atoms with Crippen LogP contribution in [0, 0.1) is 18.3 Å². The Kier molecular flexibility index (Phi) is 4.20. The van der Waals surface area contributed by atoms with Crippen molar-refractivity contribution in [3.8, 4) is 12.3 Å². The molecule has 0 unspecified atom stereocenters. The first-order valence-electron chi connectivity index (χ1n) is 5.82. The molecule has 0 aliphatic heterocycles. The van der Waals surface area contributed by atoms with Crippen LogP contribution in [0.3, 0.4) is 0 Å². The van der Waals surface area contributed by atoms with E-state index in [9.17, 15) is 4.79 Å². The van der Waals surface area contributed by atoms with Crippen molar-refractivity contribution in [2.75, 3.05) is 0 Å². The van der Waals surface area contributed by atoms with Gasteiger partial charge in [-0.3, -0.25) is 4.79 Å². The van der Waals surface area contributed by atoms with Gasteiger partial charge in [0.2, 0.25) is 5.91 Å². The van der Waals surface area contributed by atoms with E-state index in [1.807, 2.05) is 13.8 Å². The molecule has 2 nitrogen and oxygen atoms in total. The van der Waals surface area contributed by atoms with Crippen LogP contribution >= 0.6 is 0 Å². The summed E-state index contributed by atoms with van der Waals surface area (Å²) in [4.78, 5) is 11.7. The Hall–Kier alpha value is -0.970. The van der Waals surface area contributed by atoms with Crippen molar-refractivity contribution in [1.82, 2.24) is 5.32 Å². The Morgan fingerprint density at radius 2 is 2.00 bits per heavy atom. The van der Waals surface area contributed by atoms with Gasteiger partial charge in [-0.2, -0.15) is 0 Å². The van der Waals surface area contributed by atoms with E-state index in [4.69, 9.17) is 6.42 Å². The Balaban J connectivity index is 2.32. The zero-order valence-corrected chi connectivity index (χ0v) is 9.81. The van der Waals surface area contributed by atoms with Crippen molar-refractivity contribution in [3.05, 3.63) is 0 Å². The van der Waals surface area contributed by atoms with E-state index in [2.05, 4.69) is 11.2 Å². The highest BCUT2D eigenvalue weighted by Crippen LogP contribution is 2.26. The molecule has 2 heteroatoms. The summed E-state index contributed by atoms with van der Waals surface area (Å²) in [6.45, 7) is 3.71. The van der Waals surface area contributed by atoms with Crippen LogP contribution in [0.5, 0.6) is 0 Å². The highest BCUT2D eigenvalue weighted by atomic mass is 16.1. The summed E-state index contributed by atoms with van der Waals surface area (Å²) >= 11 is 0. The lowest BCUT2D eigenvalue weighted by Crippen LogP contribution is -2.42. The van der Waals surface area contributed by atoms with E-state index in [1.54, 1.807) is 0 Å². The first-order valence-corrected chi connectivity index (χ1v) is 5.82. The number of carbonyl (C=O) groups is 1. The summed E-state index contributed by atoms with van der Waals surface area (Å²) in [5.74, 6) is 3.26. The third-order valence-corrected chi connectivity index (χ3v) is 3.01. The molecule has 0 aromatic carbocycles. The van der Waals surface area contributed by atoms with Crippen molar-refractivity contribution in [2.24, 2.45) is 5.92 Å². The average Bonchev–Trinajstić information content (AvgIpc) is 2.18. The number of terminal acetylenes is 1. The SMILES string of the molecule is C#CC(C)(C)NC(=O)CC1CCCCC1. The van der Waals surface area contributed by atoms with Gasteiger partial charge in [-0.05, 0) is 32.6 Å². The summed E-state index contributed by atoms with van der Waals surface area (Å²) in [5.41, 5.74) is -0.508. The minimum atomic E-state index is -0.508. The van der Waals surface area contributed by atoms with Gasteiger partial charge in [-0.25, -0.2) is 0 Å². The van der Waals surface area contributed by atoms with Crippen LogP contribution in [0.25, 0.3) is 0 Å². The van der Waals surface area contributed by atoms with Crippen molar-refractivity contribution in [2.45, 2.75) is 57.9 Å². The molecule has 1 saturated carbocycles. The number of amides is 1. The molecule has 0 saturated heterocycles. The maximum Gasteiger partial charge on any atom is 0.221 e. The van der Waals surface area contributed by atoms with Gasteiger partial charge in [0.25, 0.3) is 0 Å². The molecule has 1 fully saturated rings. The molecule has 0 spiro atoms. The van der Waals surface area contributed by atoms with Crippen LogP contribution in [0.4, 0.5) is 0 Å². The summed E-state index contributed by atoms with van der Waals surface area (Å²) in [7, 11) is 0. The molecule has 1 rings (SSSR count). The third-order valence-electron chi connectivity index (χ3n) is 3.01. The summed E-state index contributed by atoms with van der Waals surface area (Å²) in [6.07, 6.45) is 12.2. The van der Waals surface area contributed by atoms with E-state index in [0.717, 1.165) is 0 Å². The summed E-state index contributed by atoms with van der Waals surface area (Å²) in [5, 5.41) is 2.88. The minimum absolute atomic E-state index is 0.102. The van der Waals surface area contributed by atoms with E-state index < -0.39 is 5.54 Å². The second-order valence-corrected chi connectivity index (χ2v) is 5.03. The van der Waals surface area contributed by atoms with Crippen molar-refractivity contribution in [1.29, 1.82) is 0 Å². The fourth-order valence-electron chi connectivity index (χ4n) is 2.09. The lowest BCUT2D eigenvalue weighted by atomic mass is 9.86. The quantitative estimate of drug-likeness (QED) is 0.708. The molecule has 1 aliphatic carbocycles. The first-order chi connectivity index (χ1) is 7.03. The fraction of sp³-hybridized carbons (Fsp3) is 0.769. The summed E-state index contributed by atoms with van der Waals surface area (Å²) in [6, 6.07) is 0. The molecule has 1 N–H and O–H groups in total. The van der Waals surface area contributed by atoms with E-state index in [-0.39, 0.29) is 5.91 Å². The van der Waals surface area contributed by atoms with Gasteiger partial charge in [0.05, 0.1) is 5.54 Å². The van der Waals surface area contributed by atoms with Gasteiger partial charge in [0.1, 0.15) is 0 Å². The highest BCUT2D eigenvalue weighted by Gasteiger charge is 2.21. The average molecular weight is 207 g/mol. The second-order valence-electron chi connectivity index (χ2n) is 5.03. The van der Waals surface area contributed by atoms with Crippen molar-refractivity contribution in [3.63, 3.8) is 0 Å². The first kappa shape index (κ1) is 12.1. The Morgan fingerprint density at radius 1 is 1.40 bits per heavy atom. The fourth-order valence-corrected chi connectivity index (χ4v) is 2.09. The molecular formula is C13H21NO. The number of carbonyl (C=O) groups excluding carboxylic acids is 1. The smallest absolute Gasteiger partial charge is 0.221 e. The van der Waals surface area contributed by atoms with Crippen molar-refractivity contribution >= 4 is 5.91 Å². The number of nitrogens with one attached hydrogen (secondary N) is 1. The van der Waals surface area contributed by atoms with Crippen molar-refractivity contribution < 1.29 is 4.79 Å². The molecule has 0 radical (unpaired) electrons. The molecule has 0 bridgehead atoms. The normalized spacial score (nSPS) is 18.2. The predicted octanol–water partition coefficient (Wildman–Crippen LogP) is 2.48. The molecule has 0 aromatic rings. The van der Waals surface area contributed by atoms with E-state index in [0.29, 0.717) is 12.3 Å². The molecule has 1 amide bonds. The van der Waals surface area contributed by atoms with Gasteiger partial charge in [0.15, 0.2) is 0 Å². The van der Waals surface area contributed by atoms with Crippen LogP contribution in [0.15, 0.2) is 0 Å². The molecular weight excluding hydrogens is 186 g/mol. The van der Waals surface area contributed by atoms with Gasteiger partial charge in [-0.1, -0.05) is 25.2 Å². The molecule has 0 atom stereocenters. The zero-order chi connectivity index (χ0) is 11.3. The van der Waals surface area contributed by atoms with E-state index in [1.165, 1.54) is 32.1 Å². The third kappa shape index (κ3) is 4.38. The topological polar surface area (TPSA) is 29.1 Å². The van der Waals surface area contributed by atoms with Crippen LogP contribution in [0.2, 0.25) is 0 Å². The van der Waals surface area contributed by atoms with Crippen LogP contribution < -0.4 is 5.32 Å². The molecule has 1 aliphatic rings. The van der Waals surface area contributed by atoms with Crippen LogP contribution in [-0.4, -0.2) is 11.4 Å². The molecule has 84 valence electrons. The van der Waals surface area contributed by atoms with Crippen LogP contribution in [-0.2, 0) is 4.79 Å². The molecule has 15 heavy (non-hydrogen) atoms. The number of hydrogen-bond donors (Lipinski definition) is 1. The Labute approximate surface area is 92.8 Å². The number of hydrogen-bond acceptors (Lipinski definition) is 1. The lowest BCUT2D eigenvalue weighted by molar-refractivity contribution is -0.123. The standard InChI is InChI=1S/C13H21NO/c1-4-13(2,3)14-12(15)10-11-8-6-5-7-9-11/h1,11H,5-10H2,2-3H3,(H,14,15). The monoisotopic (exact) mass is 207 g/mol. The predicted molar refractivity (Wildman–Crippen MR) is 62.2 cm³/mol. The van der Waals surface area contributed by atoms with Crippen LogP contribution in [0.1, 0.15) is 52.4 Å². The maximum absolute atomic E-state index is 11.7. The second kappa shape index (κ2) is 5.21.